The van der Waals surface area contributed by atoms with Crippen molar-refractivity contribution in [2.45, 2.75) is 18.8 Å². The number of piperidine rings is 1. The van der Waals surface area contributed by atoms with Gasteiger partial charge in [-0.05, 0) is 30.4 Å². The molecule has 2 amide bonds. The van der Waals surface area contributed by atoms with Gasteiger partial charge >= 0.3 is 0 Å². The van der Waals surface area contributed by atoms with Gasteiger partial charge in [-0.15, -0.1) is 0 Å². The molecule has 0 saturated carbocycles. The summed E-state index contributed by atoms with van der Waals surface area (Å²) in [5.74, 6) is 0.237. The highest BCUT2D eigenvalue weighted by molar-refractivity contribution is 5.90. The molecule has 0 unspecified atom stereocenters. The molecule has 1 aliphatic rings. The Morgan fingerprint density at radius 3 is 2.67 bits per heavy atom. The fourth-order valence-electron chi connectivity index (χ4n) is 2.65. The van der Waals surface area contributed by atoms with Crippen LogP contribution in [0.25, 0.3) is 0 Å². The van der Waals surface area contributed by atoms with Crippen LogP contribution in [0.5, 0.6) is 0 Å². The van der Waals surface area contributed by atoms with Crippen LogP contribution in [0.2, 0.25) is 0 Å². The summed E-state index contributed by atoms with van der Waals surface area (Å²) >= 11 is 0. The average molecular weight is 290 g/mol. The van der Waals surface area contributed by atoms with Crippen molar-refractivity contribution in [2.75, 3.05) is 26.7 Å². The van der Waals surface area contributed by atoms with Crippen molar-refractivity contribution in [2.24, 2.45) is 7.05 Å². The number of carbonyl (C=O) groups is 2. The number of amides is 2. The van der Waals surface area contributed by atoms with Crippen LogP contribution >= 0.6 is 0 Å². The van der Waals surface area contributed by atoms with E-state index in [2.05, 4.69) is 11.7 Å². The predicted molar refractivity (Wildman–Crippen MR) is 79.6 cm³/mol. The second-order valence-electron chi connectivity index (χ2n) is 5.50. The van der Waals surface area contributed by atoms with Crippen molar-refractivity contribution in [3.05, 3.63) is 30.6 Å². The molecule has 1 fully saturated rings. The summed E-state index contributed by atoms with van der Waals surface area (Å²) in [6.07, 6.45) is 7.05. The highest BCUT2D eigenvalue weighted by Crippen LogP contribution is 2.27. The Labute approximate surface area is 125 Å². The van der Waals surface area contributed by atoms with Crippen LogP contribution in [0.3, 0.4) is 0 Å². The van der Waals surface area contributed by atoms with Gasteiger partial charge < -0.3 is 9.80 Å². The maximum atomic E-state index is 12.2. The molecule has 1 aliphatic heterocycles. The van der Waals surface area contributed by atoms with Crippen LogP contribution in [-0.2, 0) is 16.6 Å². The minimum Gasteiger partial charge on any atom is -0.341 e. The first-order valence-electron chi connectivity index (χ1n) is 7.15. The molecule has 0 aromatic carbocycles. The van der Waals surface area contributed by atoms with E-state index in [9.17, 15) is 9.59 Å². The van der Waals surface area contributed by atoms with Gasteiger partial charge in [-0.3, -0.25) is 14.3 Å². The molecular weight excluding hydrogens is 268 g/mol. The molecule has 0 spiro atoms. The van der Waals surface area contributed by atoms with Gasteiger partial charge in [-0.25, -0.2) is 0 Å². The Balaban J connectivity index is 1.84. The Hall–Kier alpha value is -2.11. The number of aromatic nitrogens is 2. The first-order chi connectivity index (χ1) is 10.0. The minimum atomic E-state index is -0.228. The van der Waals surface area contributed by atoms with E-state index < -0.39 is 0 Å². The SMILES string of the molecule is C=CC(=O)N(C)CC(=O)N1CCC(c2cnn(C)c2)CC1. The van der Waals surface area contributed by atoms with Crippen molar-refractivity contribution in [1.29, 1.82) is 0 Å². The summed E-state index contributed by atoms with van der Waals surface area (Å²) < 4.78 is 1.81. The summed E-state index contributed by atoms with van der Waals surface area (Å²) in [5, 5.41) is 4.20. The second-order valence-corrected chi connectivity index (χ2v) is 5.50. The van der Waals surface area contributed by atoms with Crippen LogP contribution < -0.4 is 0 Å². The molecule has 0 N–H and O–H groups in total. The van der Waals surface area contributed by atoms with Gasteiger partial charge in [-0.2, -0.15) is 5.10 Å². The van der Waals surface area contributed by atoms with Gasteiger partial charge in [0.1, 0.15) is 0 Å². The number of aryl methyl sites for hydroxylation is 1. The third-order valence-electron chi connectivity index (χ3n) is 3.97. The number of rotatable bonds is 4. The first-order valence-corrected chi connectivity index (χ1v) is 7.15. The fraction of sp³-hybridized carbons (Fsp3) is 0.533. The van der Waals surface area contributed by atoms with Gasteiger partial charge in [0.2, 0.25) is 11.8 Å². The lowest BCUT2D eigenvalue weighted by Gasteiger charge is -2.32. The van der Waals surface area contributed by atoms with Crippen molar-refractivity contribution in [1.82, 2.24) is 19.6 Å². The number of nitrogens with zero attached hydrogens (tertiary/aromatic N) is 4. The summed E-state index contributed by atoms with van der Waals surface area (Å²) in [7, 11) is 3.53. The summed E-state index contributed by atoms with van der Waals surface area (Å²) in [5.41, 5.74) is 1.24. The molecule has 2 heterocycles. The number of carbonyl (C=O) groups excluding carboxylic acids is 2. The Morgan fingerprint density at radius 1 is 1.48 bits per heavy atom. The van der Waals surface area contributed by atoms with E-state index in [4.69, 9.17) is 0 Å². The van der Waals surface area contributed by atoms with Crippen LogP contribution in [0.15, 0.2) is 25.0 Å². The monoisotopic (exact) mass is 290 g/mol. The molecule has 0 radical (unpaired) electrons. The van der Waals surface area contributed by atoms with Crippen molar-refractivity contribution < 1.29 is 9.59 Å². The highest BCUT2D eigenvalue weighted by Gasteiger charge is 2.25. The van der Waals surface area contributed by atoms with E-state index in [1.807, 2.05) is 29.0 Å². The summed E-state index contributed by atoms with van der Waals surface area (Å²) in [6.45, 7) is 5.00. The minimum absolute atomic E-state index is 0.00247. The van der Waals surface area contributed by atoms with E-state index in [0.717, 1.165) is 25.9 Å². The molecular formula is C15H22N4O2. The van der Waals surface area contributed by atoms with E-state index in [1.54, 1.807) is 7.05 Å². The number of likely N-dealkylation sites (tertiary alicyclic amines) is 1. The van der Waals surface area contributed by atoms with Gasteiger partial charge in [0.05, 0.1) is 12.7 Å². The Morgan fingerprint density at radius 2 is 2.14 bits per heavy atom. The molecule has 2 rings (SSSR count). The van der Waals surface area contributed by atoms with Gasteiger partial charge in [0.25, 0.3) is 0 Å². The number of hydrogen-bond donors (Lipinski definition) is 0. The normalized spacial score (nSPS) is 15.8. The standard InChI is InChI=1S/C15H22N4O2/c1-4-14(20)17(2)11-15(21)19-7-5-12(6-8-19)13-9-16-18(3)10-13/h4,9-10,12H,1,5-8,11H2,2-3H3. The zero-order valence-electron chi connectivity index (χ0n) is 12.7. The summed E-state index contributed by atoms with van der Waals surface area (Å²) in [6, 6.07) is 0. The zero-order valence-corrected chi connectivity index (χ0v) is 12.7. The van der Waals surface area contributed by atoms with Crippen LogP contribution in [0.1, 0.15) is 24.3 Å². The molecule has 1 saturated heterocycles. The molecule has 0 atom stereocenters. The third kappa shape index (κ3) is 3.71. The van der Waals surface area contributed by atoms with Crippen LogP contribution in [0.4, 0.5) is 0 Å². The van der Waals surface area contributed by atoms with Crippen molar-refractivity contribution >= 4 is 11.8 Å². The molecule has 6 heteroatoms. The van der Waals surface area contributed by atoms with E-state index in [0.29, 0.717) is 5.92 Å². The highest BCUT2D eigenvalue weighted by atomic mass is 16.2. The zero-order chi connectivity index (χ0) is 15.4. The number of likely N-dealkylation sites (N-methyl/N-ethyl adjacent to an activating group) is 1. The quantitative estimate of drug-likeness (QED) is 0.770. The van der Waals surface area contributed by atoms with Gasteiger partial charge in [-0.1, -0.05) is 6.58 Å². The van der Waals surface area contributed by atoms with E-state index >= 15 is 0 Å². The lowest BCUT2D eigenvalue weighted by molar-refractivity contribution is -0.138. The molecule has 114 valence electrons. The largest absolute Gasteiger partial charge is 0.341 e. The van der Waals surface area contributed by atoms with Crippen LogP contribution in [0, 0.1) is 0 Å². The molecule has 6 nitrogen and oxygen atoms in total. The van der Waals surface area contributed by atoms with Gasteiger partial charge in [0, 0.05) is 33.4 Å². The number of hydrogen-bond acceptors (Lipinski definition) is 3. The van der Waals surface area contributed by atoms with E-state index in [1.165, 1.54) is 16.5 Å². The van der Waals surface area contributed by atoms with Crippen LogP contribution in [-0.4, -0.2) is 58.1 Å². The van der Waals surface area contributed by atoms with Crippen molar-refractivity contribution in [3.8, 4) is 0 Å². The third-order valence-corrected chi connectivity index (χ3v) is 3.97. The topological polar surface area (TPSA) is 58.4 Å². The Kier molecular flexibility index (Phi) is 4.77. The average Bonchev–Trinajstić information content (AvgIpc) is 2.93. The maximum Gasteiger partial charge on any atom is 0.246 e. The molecule has 0 aliphatic carbocycles. The Bertz CT molecular complexity index is 530. The molecule has 1 aromatic heterocycles. The smallest absolute Gasteiger partial charge is 0.246 e. The maximum absolute atomic E-state index is 12.2. The fourth-order valence-corrected chi connectivity index (χ4v) is 2.65. The lowest BCUT2D eigenvalue weighted by Crippen LogP contribution is -2.44. The van der Waals surface area contributed by atoms with E-state index in [-0.39, 0.29) is 18.4 Å². The predicted octanol–water partition coefficient (Wildman–Crippen LogP) is 0.770. The second kappa shape index (κ2) is 6.56. The van der Waals surface area contributed by atoms with Gasteiger partial charge in [0.15, 0.2) is 0 Å². The van der Waals surface area contributed by atoms with Crippen molar-refractivity contribution in [3.63, 3.8) is 0 Å². The lowest BCUT2D eigenvalue weighted by atomic mass is 9.91. The first kappa shape index (κ1) is 15.3. The summed E-state index contributed by atoms with van der Waals surface area (Å²) in [4.78, 5) is 26.8. The molecule has 0 bridgehead atoms. The molecule has 21 heavy (non-hydrogen) atoms. The molecule has 1 aromatic rings.